The maximum Gasteiger partial charge on any atom is 0.168 e. The first-order valence-corrected chi connectivity index (χ1v) is 5.84. The molecule has 3 N–H and O–H groups in total. The van der Waals surface area contributed by atoms with Crippen LogP contribution in [0.15, 0.2) is 24.3 Å². The molecule has 0 atom stereocenters. The fourth-order valence-corrected chi connectivity index (χ4v) is 1.86. The van der Waals surface area contributed by atoms with E-state index in [9.17, 15) is 0 Å². The van der Waals surface area contributed by atoms with Crippen molar-refractivity contribution in [3.05, 3.63) is 34.9 Å². The molecule has 92 valence electrons. The summed E-state index contributed by atoms with van der Waals surface area (Å²) < 4.78 is 1.47. The van der Waals surface area contributed by atoms with Crippen molar-refractivity contribution in [3.8, 4) is 11.8 Å². The summed E-state index contributed by atoms with van der Waals surface area (Å²) in [6.07, 6.45) is 0. The van der Waals surface area contributed by atoms with Gasteiger partial charge >= 0.3 is 0 Å². The predicted octanol–water partition coefficient (Wildman–Crippen LogP) is 2.41. The van der Waals surface area contributed by atoms with E-state index in [0.29, 0.717) is 28.6 Å². The highest BCUT2D eigenvalue weighted by Gasteiger charge is 2.17. The Morgan fingerprint density at radius 3 is 2.83 bits per heavy atom. The molecule has 0 bridgehead atoms. The van der Waals surface area contributed by atoms with Crippen LogP contribution in [0.2, 0.25) is 5.02 Å². The van der Waals surface area contributed by atoms with Gasteiger partial charge in [0.05, 0.1) is 10.7 Å². The van der Waals surface area contributed by atoms with Gasteiger partial charge < -0.3 is 11.1 Å². The molecule has 0 fully saturated rings. The van der Waals surface area contributed by atoms with Crippen molar-refractivity contribution >= 4 is 23.2 Å². The van der Waals surface area contributed by atoms with Crippen molar-refractivity contribution in [2.24, 2.45) is 0 Å². The lowest BCUT2D eigenvalue weighted by Gasteiger charge is -2.05. The van der Waals surface area contributed by atoms with Crippen molar-refractivity contribution < 1.29 is 0 Å². The Kier molecular flexibility index (Phi) is 3.40. The molecule has 0 aliphatic heterocycles. The number of benzene rings is 1. The summed E-state index contributed by atoms with van der Waals surface area (Å²) in [5.74, 6) is 0.749. The van der Waals surface area contributed by atoms with Gasteiger partial charge in [-0.3, -0.25) is 0 Å². The Balaban J connectivity index is 2.60. The van der Waals surface area contributed by atoms with E-state index in [1.807, 2.05) is 25.1 Å². The van der Waals surface area contributed by atoms with Gasteiger partial charge in [0, 0.05) is 6.54 Å². The Morgan fingerprint density at radius 1 is 1.50 bits per heavy atom. The van der Waals surface area contributed by atoms with Crippen molar-refractivity contribution in [1.29, 1.82) is 5.26 Å². The molecule has 0 radical (unpaired) electrons. The van der Waals surface area contributed by atoms with Gasteiger partial charge in [0.2, 0.25) is 0 Å². The topological polar surface area (TPSA) is 79.7 Å². The van der Waals surface area contributed by atoms with E-state index in [2.05, 4.69) is 10.4 Å². The molecule has 1 aromatic carbocycles. The number of hydrogen-bond acceptors (Lipinski definition) is 4. The summed E-state index contributed by atoms with van der Waals surface area (Å²) in [7, 11) is 0. The van der Waals surface area contributed by atoms with Gasteiger partial charge in [0.1, 0.15) is 17.5 Å². The molecule has 0 unspecified atom stereocenters. The van der Waals surface area contributed by atoms with Crippen LogP contribution < -0.4 is 11.1 Å². The molecule has 5 nitrogen and oxygen atoms in total. The summed E-state index contributed by atoms with van der Waals surface area (Å²) >= 11 is 6.09. The van der Waals surface area contributed by atoms with E-state index in [4.69, 9.17) is 22.6 Å². The zero-order valence-corrected chi connectivity index (χ0v) is 10.6. The summed E-state index contributed by atoms with van der Waals surface area (Å²) in [4.78, 5) is 0. The Labute approximate surface area is 110 Å². The van der Waals surface area contributed by atoms with Crippen LogP contribution in [0.1, 0.15) is 12.5 Å². The van der Waals surface area contributed by atoms with E-state index in [-0.39, 0.29) is 5.82 Å². The molecule has 6 heteroatoms. The molecule has 18 heavy (non-hydrogen) atoms. The molecule has 0 aliphatic carbocycles. The average molecular weight is 262 g/mol. The summed E-state index contributed by atoms with van der Waals surface area (Å²) in [6.45, 7) is 2.58. The zero-order valence-electron chi connectivity index (χ0n) is 9.81. The summed E-state index contributed by atoms with van der Waals surface area (Å²) in [5, 5.41) is 16.9. The third-order valence-electron chi connectivity index (χ3n) is 2.46. The second-order valence-electron chi connectivity index (χ2n) is 3.61. The van der Waals surface area contributed by atoms with Crippen LogP contribution in [0.5, 0.6) is 0 Å². The van der Waals surface area contributed by atoms with Crippen molar-refractivity contribution in [2.75, 3.05) is 17.6 Å². The second-order valence-corrected chi connectivity index (χ2v) is 4.02. The minimum absolute atomic E-state index is 0.279. The van der Waals surface area contributed by atoms with Crippen molar-refractivity contribution in [2.45, 2.75) is 6.92 Å². The molecule has 2 aromatic rings. The first kappa shape index (κ1) is 12.3. The molecule has 0 saturated carbocycles. The molecule has 0 saturated heterocycles. The highest BCUT2D eigenvalue weighted by molar-refractivity contribution is 6.32. The summed E-state index contributed by atoms with van der Waals surface area (Å²) in [5.41, 5.74) is 6.91. The number of aromatic nitrogens is 2. The van der Waals surface area contributed by atoms with E-state index < -0.39 is 0 Å². The summed E-state index contributed by atoms with van der Waals surface area (Å²) in [6, 6.07) is 9.24. The zero-order chi connectivity index (χ0) is 13.1. The number of nitrogens with zero attached hydrogens (tertiary/aromatic N) is 3. The highest BCUT2D eigenvalue weighted by Crippen LogP contribution is 2.27. The van der Waals surface area contributed by atoms with E-state index in [1.165, 1.54) is 4.68 Å². The number of nitrogen functional groups attached to an aromatic ring is 1. The fourth-order valence-electron chi connectivity index (χ4n) is 1.64. The molecule has 0 aliphatic rings. The van der Waals surface area contributed by atoms with Gasteiger partial charge in [-0.25, -0.2) is 4.68 Å². The van der Waals surface area contributed by atoms with Gasteiger partial charge in [-0.05, 0) is 19.1 Å². The number of para-hydroxylation sites is 1. The lowest BCUT2D eigenvalue weighted by atomic mass is 10.3. The number of nitrogens with two attached hydrogens (primary N) is 1. The van der Waals surface area contributed by atoms with Gasteiger partial charge in [-0.2, -0.15) is 5.26 Å². The van der Waals surface area contributed by atoms with Crippen molar-refractivity contribution in [3.63, 3.8) is 0 Å². The molecule has 0 amide bonds. The van der Waals surface area contributed by atoms with E-state index in [0.717, 1.165) is 0 Å². The number of rotatable bonds is 3. The highest BCUT2D eigenvalue weighted by atomic mass is 35.5. The third kappa shape index (κ3) is 1.98. The normalized spacial score (nSPS) is 10.1. The number of halogens is 1. The first-order chi connectivity index (χ1) is 8.69. The van der Waals surface area contributed by atoms with E-state index in [1.54, 1.807) is 12.1 Å². The van der Waals surface area contributed by atoms with Gasteiger partial charge in [0.15, 0.2) is 5.82 Å². The molecular formula is C12H12ClN5. The molecular weight excluding hydrogens is 250 g/mol. The van der Waals surface area contributed by atoms with E-state index >= 15 is 0 Å². The van der Waals surface area contributed by atoms with Crippen molar-refractivity contribution in [1.82, 2.24) is 9.78 Å². The number of anilines is 2. The Hall–Kier alpha value is -2.19. The van der Waals surface area contributed by atoms with Crippen LogP contribution in [-0.2, 0) is 0 Å². The largest absolute Gasteiger partial charge is 0.382 e. The lowest BCUT2D eigenvalue weighted by Crippen LogP contribution is -2.03. The molecule has 1 aromatic heterocycles. The van der Waals surface area contributed by atoms with Gasteiger partial charge in [-0.15, -0.1) is 5.10 Å². The molecule has 1 heterocycles. The number of nitriles is 1. The molecule has 0 spiro atoms. The van der Waals surface area contributed by atoms with Crippen LogP contribution in [0.4, 0.5) is 11.6 Å². The smallest absolute Gasteiger partial charge is 0.168 e. The Morgan fingerprint density at radius 2 is 2.22 bits per heavy atom. The average Bonchev–Trinajstić information content (AvgIpc) is 2.67. The number of hydrogen-bond donors (Lipinski definition) is 2. The first-order valence-electron chi connectivity index (χ1n) is 5.46. The maximum atomic E-state index is 9.10. The van der Waals surface area contributed by atoms with Crippen LogP contribution in [-0.4, -0.2) is 16.3 Å². The van der Waals surface area contributed by atoms with Crippen LogP contribution in [0, 0.1) is 11.3 Å². The minimum atomic E-state index is 0.279. The molecule has 2 rings (SSSR count). The third-order valence-corrected chi connectivity index (χ3v) is 2.78. The van der Waals surface area contributed by atoms with Crippen LogP contribution in [0.3, 0.4) is 0 Å². The second kappa shape index (κ2) is 4.98. The predicted molar refractivity (Wildman–Crippen MR) is 71.9 cm³/mol. The SMILES string of the molecule is CCNc1nn(-c2ccccc2Cl)c(N)c1C#N. The lowest BCUT2D eigenvalue weighted by molar-refractivity contribution is 0.890. The fraction of sp³-hybridized carbons (Fsp3) is 0.167. The van der Waals surface area contributed by atoms with Crippen LogP contribution in [0.25, 0.3) is 5.69 Å². The van der Waals surface area contributed by atoms with Gasteiger partial charge in [-0.1, -0.05) is 23.7 Å². The van der Waals surface area contributed by atoms with Gasteiger partial charge in [0.25, 0.3) is 0 Å². The standard InChI is InChI=1S/C12H12ClN5/c1-2-16-12-8(7-14)11(15)18(17-12)10-6-4-3-5-9(10)13/h3-6H,2,15H2,1H3,(H,16,17). The monoisotopic (exact) mass is 261 g/mol. The minimum Gasteiger partial charge on any atom is -0.382 e. The number of nitrogens with one attached hydrogen (secondary N) is 1. The quantitative estimate of drug-likeness (QED) is 0.889. The van der Waals surface area contributed by atoms with Crippen LogP contribution >= 0.6 is 11.6 Å². The Bertz CT molecular complexity index is 611. The maximum absolute atomic E-state index is 9.10.